The Balaban J connectivity index is 2.64. The Morgan fingerprint density at radius 3 is 3.08 bits per heavy atom. The second-order valence-electron chi connectivity index (χ2n) is 2.60. The van der Waals surface area contributed by atoms with Gasteiger partial charge in [-0.15, -0.1) is 0 Å². The summed E-state index contributed by atoms with van der Waals surface area (Å²) in [5.74, 6) is -1.01. The van der Waals surface area contributed by atoms with E-state index in [1.165, 1.54) is 6.20 Å². The minimum atomic E-state index is -1.01. The third-order valence-electron chi connectivity index (χ3n) is 1.59. The van der Waals surface area contributed by atoms with E-state index in [0.29, 0.717) is 5.65 Å². The van der Waals surface area contributed by atoms with Crippen molar-refractivity contribution in [1.82, 2.24) is 14.6 Å². The molecular weight excluding hydrogens is 158 g/mol. The number of aromatic amines is 1. The number of nitrogens with one attached hydrogen (secondary N) is 1. The number of fused-ring (bicyclic) bond motifs is 1. The lowest BCUT2D eigenvalue weighted by atomic mass is 10.5. The van der Waals surface area contributed by atoms with E-state index in [1.54, 1.807) is 10.6 Å². The molecule has 0 amide bonds. The van der Waals surface area contributed by atoms with Crippen molar-refractivity contribution in [3.05, 3.63) is 23.7 Å². The van der Waals surface area contributed by atoms with E-state index >= 15 is 0 Å². The standard InChI is InChI=1S/C7H7N3O2/c1-4-2-6-8-5(7(11)12)3-10(6)9-4/h2-3,9H,1H3,(H,11,12). The summed E-state index contributed by atoms with van der Waals surface area (Å²) in [7, 11) is 0. The maximum atomic E-state index is 10.5. The molecule has 0 unspecified atom stereocenters. The molecule has 0 atom stereocenters. The van der Waals surface area contributed by atoms with Gasteiger partial charge in [-0.05, 0) is 6.92 Å². The maximum Gasteiger partial charge on any atom is 0.356 e. The first-order chi connectivity index (χ1) is 5.66. The SMILES string of the molecule is Cc1cc2nc(C(=O)O)cn2[nH]1. The van der Waals surface area contributed by atoms with Crippen molar-refractivity contribution in [2.75, 3.05) is 0 Å². The van der Waals surface area contributed by atoms with Crippen molar-refractivity contribution < 1.29 is 9.90 Å². The molecule has 0 spiro atoms. The highest BCUT2D eigenvalue weighted by Gasteiger charge is 2.08. The Bertz CT molecular complexity index is 409. The monoisotopic (exact) mass is 165 g/mol. The van der Waals surface area contributed by atoms with Crippen LogP contribution < -0.4 is 0 Å². The van der Waals surface area contributed by atoms with E-state index in [1.807, 2.05) is 6.92 Å². The summed E-state index contributed by atoms with van der Waals surface area (Å²) in [6, 6.07) is 1.78. The van der Waals surface area contributed by atoms with Gasteiger partial charge in [0.1, 0.15) is 0 Å². The lowest BCUT2D eigenvalue weighted by Crippen LogP contribution is -1.95. The molecule has 2 N–H and O–H groups in total. The number of nitrogens with zero attached hydrogens (tertiary/aromatic N) is 2. The van der Waals surface area contributed by atoms with Crippen LogP contribution in [-0.2, 0) is 0 Å². The Kier molecular flexibility index (Phi) is 1.21. The molecule has 0 aliphatic rings. The topological polar surface area (TPSA) is 70.4 Å². The highest BCUT2D eigenvalue weighted by atomic mass is 16.4. The predicted molar refractivity (Wildman–Crippen MR) is 41.2 cm³/mol. The Hall–Kier alpha value is -1.78. The van der Waals surface area contributed by atoms with Crippen LogP contribution in [0.3, 0.4) is 0 Å². The van der Waals surface area contributed by atoms with Crippen LogP contribution in [0, 0.1) is 6.92 Å². The Labute approximate surface area is 67.6 Å². The van der Waals surface area contributed by atoms with E-state index in [-0.39, 0.29) is 5.69 Å². The Morgan fingerprint density at radius 2 is 2.50 bits per heavy atom. The lowest BCUT2D eigenvalue weighted by molar-refractivity contribution is 0.0691. The maximum absolute atomic E-state index is 10.5. The number of carboxylic acids is 1. The number of carboxylic acid groups (broad SMARTS) is 1. The first kappa shape index (κ1) is 6.90. The van der Waals surface area contributed by atoms with E-state index in [4.69, 9.17) is 5.11 Å². The number of imidazole rings is 1. The second kappa shape index (κ2) is 2.10. The Morgan fingerprint density at radius 1 is 1.75 bits per heavy atom. The summed E-state index contributed by atoms with van der Waals surface area (Å²) in [5.41, 5.74) is 1.64. The highest BCUT2D eigenvalue weighted by Crippen LogP contribution is 2.05. The molecule has 62 valence electrons. The molecule has 0 aromatic carbocycles. The van der Waals surface area contributed by atoms with Gasteiger partial charge in [-0.25, -0.2) is 14.3 Å². The van der Waals surface area contributed by atoms with Crippen molar-refractivity contribution in [3.8, 4) is 0 Å². The number of aromatic nitrogens is 3. The van der Waals surface area contributed by atoms with Crippen LogP contribution in [0.2, 0.25) is 0 Å². The summed E-state index contributed by atoms with van der Waals surface area (Å²) >= 11 is 0. The summed E-state index contributed by atoms with van der Waals surface area (Å²) in [5, 5.41) is 11.5. The zero-order valence-electron chi connectivity index (χ0n) is 6.40. The molecule has 5 heteroatoms. The summed E-state index contributed by atoms with van der Waals surface area (Å²) in [4.78, 5) is 14.3. The zero-order valence-corrected chi connectivity index (χ0v) is 6.40. The third-order valence-corrected chi connectivity index (χ3v) is 1.59. The first-order valence-electron chi connectivity index (χ1n) is 3.45. The molecule has 2 aromatic rings. The number of carbonyl (C=O) groups is 1. The molecule has 5 nitrogen and oxygen atoms in total. The zero-order chi connectivity index (χ0) is 8.72. The first-order valence-corrected chi connectivity index (χ1v) is 3.45. The largest absolute Gasteiger partial charge is 0.476 e. The average Bonchev–Trinajstić information content (AvgIpc) is 2.42. The number of aromatic carboxylic acids is 1. The van der Waals surface area contributed by atoms with E-state index in [9.17, 15) is 4.79 Å². The number of aryl methyl sites for hydroxylation is 1. The minimum absolute atomic E-state index is 0.0567. The molecule has 0 aliphatic heterocycles. The quantitative estimate of drug-likeness (QED) is 0.652. The average molecular weight is 165 g/mol. The van der Waals surface area contributed by atoms with Gasteiger partial charge in [0.25, 0.3) is 0 Å². The van der Waals surface area contributed by atoms with Crippen LogP contribution in [-0.4, -0.2) is 25.7 Å². The van der Waals surface area contributed by atoms with Gasteiger partial charge in [-0.3, -0.25) is 5.10 Å². The fraction of sp³-hybridized carbons (Fsp3) is 0.143. The number of H-pyrrole nitrogens is 1. The molecule has 12 heavy (non-hydrogen) atoms. The predicted octanol–water partition coefficient (Wildman–Crippen LogP) is 0.669. The molecule has 0 aliphatic carbocycles. The van der Waals surface area contributed by atoms with Crippen LogP contribution in [0.25, 0.3) is 5.65 Å². The van der Waals surface area contributed by atoms with Crippen molar-refractivity contribution in [1.29, 1.82) is 0 Å². The van der Waals surface area contributed by atoms with Crippen LogP contribution in [0.1, 0.15) is 16.2 Å². The van der Waals surface area contributed by atoms with Crippen molar-refractivity contribution in [2.45, 2.75) is 6.92 Å². The molecule has 0 saturated heterocycles. The lowest BCUT2D eigenvalue weighted by Gasteiger charge is -1.82. The summed E-state index contributed by atoms with van der Waals surface area (Å²) < 4.78 is 1.58. The molecule has 2 rings (SSSR count). The fourth-order valence-electron chi connectivity index (χ4n) is 1.10. The summed E-state index contributed by atoms with van der Waals surface area (Å²) in [6.45, 7) is 1.88. The molecule has 2 heterocycles. The molecule has 0 fully saturated rings. The van der Waals surface area contributed by atoms with Crippen molar-refractivity contribution >= 4 is 11.6 Å². The molecule has 0 bridgehead atoms. The van der Waals surface area contributed by atoms with Gasteiger partial charge in [0, 0.05) is 11.8 Å². The molecule has 0 saturated carbocycles. The van der Waals surface area contributed by atoms with Gasteiger partial charge in [0.15, 0.2) is 11.3 Å². The highest BCUT2D eigenvalue weighted by molar-refractivity contribution is 5.86. The van der Waals surface area contributed by atoms with Crippen LogP contribution >= 0.6 is 0 Å². The van der Waals surface area contributed by atoms with Crippen LogP contribution in [0.4, 0.5) is 0 Å². The van der Waals surface area contributed by atoms with Gasteiger partial charge in [-0.2, -0.15) is 0 Å². The second-order valence-corrected chi connectivity index (χ2v) is 2.60. The van der Waals surface area contributed by atoms with E-state index < -0.39 is 5.97 Å². The van der Waals surface area contributed by atoms with Gasteiger partial charge in [-0.1, -0.05) is 0 Å². The van der Waals surface area contributed by atoms with Gasteiger partial charge in [0.05, 0.1) is 6.20 Å². The third kappa shape index (κ3) is 0.868. The smallest absolute Gasteiger partial charge is 0.356 e. The van der Waals surface area contributed by atoms with Crippen molar-refractivity contribution in [2.24, 2.45) is 0 Å². The van der Waals surface area contributed by atoms with E-state index in [2.05, 4.69) is 10.1 Å². The van der Waals surface area contributed by atoms with E-state index in [0.717, 1.165) is 5.69 Å². The molecule has 2 aromatic heterocycles. The number of rotatable bonds is 1. The van der Waals surface area contributed by atoms with Gasteiger partial charge >= 0.3 is 5.97 Å². The minimum Gasteiger partial charge on any atom is -0.476 e. The number of hydrogen-bond donors (Lipinski definition) is 2. The molecular formula is C7H7N3O2. The van der Waals surface area contributed by atoms with Crippen LogP contribution in [0.15, 0.2) is 12.3 Å². The van der Waals surface area contributed by atoms with Crippen molar-refractivity contribution in [3.63, 3.8) is 0 Å². The van der Waals surface area contributed by atoms with Gasteiger partial charge in [0.2, 0.25) is 0 Å². The number of hydrogen-bond acceptors (Lipinski definition) is 2. The normalized spacial score (nSPS) is 10.8. The van der Waals surface area contributed by atoms with Gasteiger partial charge < -0.3 is 5.11 Å². The summed E-state index contributed by atoms with van der Waals surface area (Å²) in [6.07, 6.45) is 1.45. The molecule has 0 radical (unpaired) electrons. The van der Waals surface area contributed by atoms with Crippen LogP contribution in [0.5, 0.6) is 0 Å². The fourth-order valence-corrected chi connectivity index (χ4v) is 1.10.